The number of carboxylic acids is 1. The second kappa shape index (κ2) is 7.28. The van der Waals surface area contributed by atoms with Crippen molar-refractivity contribution in [3.8, 4) is 0 Å². The van der Waals surface area contributed by atoms with Crippen LogP contribution in [0.15, 0.2) is 36.4 Å². The quantitative estimate of drug-likeness (QED) is 0.698. The number of hydrogen-bond acceptors (Lipinski definition) is 3. The maximum absolute atomic E-state index is 12.4. The molecule has 126 valence electrons. The zero-order valence-electron chi connectivity index (χ0n) is 12.2. The van der Waals surface area contributed by atoms with Crippen molar-refractivity contribution >= 4 is 11.9 Å². The third kappa shape index (κ3) is 5.41. The number of rotatable bonds is 6. The van der Waals surface area contributed by atoms with Gasteiger partial charge < -0.3 is 15.5 Å². The Bertz CT molecular complexity index is 596. The first-order valence-electron chi connectivity index (χ1n) is 6.55. The fraction of sp³-hybridized carbons (Fsp3) is 0.333. The highest BCUT2D eigenvalue weighted by Crippen LogP contribution is 2.29. The van der Waals surface area contributed by atoms with Crippen LogP contribution in [0.1, 0.15) is 30.6 Å². The minimum Gasteiger partial charge on any atom is -0.480 e. The van der Waals surface area contributed by atoms with E-state index in [1.165, 1.54) is 0 Å². The van der Waals surface area contributed by atoms with Crippen molar-refractivity contribution < 1.29 is 33.0 Å². The molecule has 1 rings (SSSR count). The lowest BCUT2D eigenvalue weighted by molar-refractivity contribution is -0.143. The fourth-order valence-electron chi connectivity index (χ4n) is 1.80. The fourth-order valence-corrected chi connectivity index (χ4v) is 1.80. The number of aliphatic hydroxyl groups is 1. The first-order chi connectivity index (χ1) is 10.5. The van der Waals surface area contributed by atoms with Crippen molar-refractivity contribution in [1.29, 1.82) is 0 Å². The topological polar surface area (TPSA) is 86.6 Å². The molecular weight excluding hydrogens is 315 g/mol. The van der Waals surface area contributed by atoms with Gasteiger partial charge in [0.05, 0.1) is 5.56 Å². The first kappa shape index (κ1) is 18.7. The molecule has 0 unspecified atom stereocenters. The SMILES string of the molecule is C=C(C)C[C@H](NC(=O)[C@@H](O)c1ccc(C(F)(F)F)cc1)C(=O)O. The molecule has 2 atom stereocenters. The van der Waals surface area contributed by atoms with Crippen LogP contribution in [0.5, 0.6) is 0 Å². The van der Waals surface area contributed by atoms with E-state index in [0.717, 1.165) is 24.3 Å². The summed E-state index contributed by atoms with van der Waals surface area (Å²) in [6.07, 6.45) is -6.33. The van der Waals surface area contributed by atoms with Gasteiger partial charge in [0.15, 0.2) is 6.10 Å². The summed E-state index contributed by atoms with van der Waals surface area (Å²) in [6, 6.07) is 2.11. The number of aliphatic carboxylic acids is 1. The molecule has 3 N–H and O–H groups in total. The van der Waals surface area contributed by atoms with Crippen LogP contribution in [-0.4, -0.2) is 28.1 Å². The highest BCUT2D eigenvalue weighted by molar-refractivity contribution is 5.87. The molecule has 0 saturated heterocycles. The summed E-state index contributed by atoms with van der Waals surface area (Å²) in [5.74, 6) is -2.32. The van der Waals surface area contributed by atoms with E-state index in [4.69, 9.17) is 5.11 Å². The van der Waals surface area contributed by atoms with Gasteiger partial charge in [-0.25, -0.2) is 4.79 Å². The molecule has 0 bridgehead atoms. The van der Waals surface area contributed by atoms with E-state index in [-0.39, 0.29) is 12.0 Å². The van der Waals surface area contributed by atoms with Crippen LogP contribution in [0.25, 0.3) is 0 Å². The number of aliphatic hydroxyl groups excluding tert-OH is 1. The van der Waals surface area contributed by atoms with Gasteiger partial charge in [-0.3, -0.25) is 4.79 Å². The standard InChI is InChI=1S/C15H16F3NO4/c1-8(2)7-11(14(22)23)19-13(21)12(20)9-3-5-10(6-4-9)15(16,17)18/h3-6,11-12,20H,1,7H2,2H3,(H,19,21)(H,22,23)/t11-,12-/m0/s1. The van der Waals surface area contributed by atoms with E-state index >= 15 is 0 Å². The lowest BCUT2D eigenvalue weighted by Gasteiger charge is -2.18. The Morgan fingerprint density at radius 2 is 1.78 bits per heavy atom. The van der Waals surface area contributed by atoms with Crippen LogP contribution >= 0.6 is 0 Å². The monoisotopic (exact) mass is 331 g/mol. The molecule has 8 heteroatoms. The molecule has 0 radical (unpaired) electrons. The maximum Gasteiger partial charge on any atom is 0.416 e. The Labute approximate surface area is 130 Å². The second-order valence-electron chi connectivity index (χ2n) is 5.08. The molecule has 0 saturated carbocycles. The predicted octanol–water partition coefficient (Wildman–Crippen LogP) is 2.27. The van der Waals surface area contributed by atoms with Crippen LogP contribution < -0.4 is 5.32 Å². The number of benzene rings is 1. The molecule has 1 aromatic rings. The van der Waals surface area contributed by atoms with Gasteiger partial charge in [0.25, 0.3) is 5.91 Å². The van der Waals surface area contributed by atoms with E-state index in [9.17, 15) is 27.9 Å². The first-order valence-corrected chi connectivity index (χ1v) is 6.55. The van der Waals surface area contributed by atoms with E-state index in [2.05, 4.69) is 11.9 Å². The Morgan fingerprint density at radius 3 is 2.17 bits per heavy atom. The van der Waals surface area contributed by atoms with Crippen LogP contribution in [0, 0.1) is 0 Å². The number of halogens is 3. The largest absolute Gasteiger partial charge is 0.480 e. The minimum atomic E-state index is -4.53. The molecule has 23 heavy (non-hydrogen) atoms. The van der Waals surface area contributed by atoms with Gasteiger partial charge in [0, 0.05) is 0 Å². The summed E-state index contributed by atoms with van der Waals surface area (Å²) in [7, 11) is 0. The van der Waals surface area contributed by atoms with Gasteiger partial charge >= 0.3 is 12.1 Å². The van der Waals surface area contributed by atoms with Crippen molar-refractivity contribution in [3.05, 3.63) is 47.5 Å². The average Bonchev–Trinajstić information content (AvgIpc) is 2.44. The van der Waals surface area contributed by atoms with Crippen molar-refractivity contribution in [1.82, 2.24) is 5.32 Å². The summed E-state index contributed by atoms with van der Waals surface area (Å²) in [5.41, 5.74) is -0.476. The van der Waals surface area contributed by atoms with Gasteiger partial charge in [-0.15, -0.1) is 6.58 Å². The zero-order valence-corrected chi connectivity index (χ0v) is 12.2. The van der Waals surface area contributed by atoms with E-state index < -0.39 is 35.8 Å². The van der Waals surface area contributed by atoms with E-state index in [1.54, 1.807) is 6.92 Å². The molecule has 0 aliphatic rings. The smallest absolute Gasteiger partial charge is 0.416 e. The third-order valence-electron chi connectivity index (χ3n) is 2.97. The van der Waals surface area contributed by atoms with Gasteiger partial charge in [-0.1, -0.05) is 17.7 Å². The summed E-state index contributed by atoms with van der Waals surface area (Å²) in [6.45, 7) is 5.11. The number of carbonyl (C=O) groups excluding carboxylic acids is 1. The minimum absolute atomic E-state index is 0.0270. The molecule has 0 aliphatic heterocycles. The molecular formula is C15H16F3NO4. The van der Waals surface area contributed by atoms with Gasteiger partial charge in [-0.2, -0.15) is 13.2 Å². The Balaban J connectivity index is 2.83. The van der Waals surface area contributed by atoms with Gasteiger partial charge in [0.2, 0.25) is 0 Å². The van der Waals surface area contributed by atoms with Crippen LogP contribution in [0.4, 0.5) is 13.2 Å². The molecule has 1 amide bonds. The van der Waals surface area contributed by atoms with Crippen molar-refractivity contribution in [2.75, 3.05) is 0 Å². The summed E-state index contributed by atoms with van der Waals surface area (Å²) in [5, 5.41) is 20.9. The maximum atomic E-state index is 12.4. The predicted molar refractivity (Wildman–Crippen MR) is 75.4 cm³/mol. The highest BCUT2D eigenvalue weighted by atomic mass is 19.4. The molecule has 0 heterocycles. The molecule has 0 spiro atoms. The molecule has 0 aromatic heterocycles. The average molecular weight is 331 g/mol. The number of carboxylic acid groups (broad SMARTS) is 1. The molecule has 5 nitrogen and oxygen atoms in total. The molecule has 1 aromatic carbocycles. The highest BCUT2D eigenvalue weighted by Gasteiger charge is 2.31. The normalized spacial score (nSPS) is 14.0. The van der Waals surface area contributed by atoms with E-state index in [1.807, 2.05) is 0 Å². The lowest BCUT2D eigenvalue weighted by Crippen LogP contribution is -2.43. The van der Waals surface area contributed by atoms with Crippen LogP contribution in [0.2, 0.25) is 0 Å². The number of carbonyl (C=O) groups is 2. The number of nitrogens with one attached hydrogen (secondary N) is 1. The molecule has 0 fully saturated rings. The van der Waals surface area contributed by atoms with Crippen molar-refractivity contribution in [2.24, 2.45) is 0 Å². The molecule has 0 aliphatic carbocycles. The summed E-state index contributed by atoms with van der Waals surface area (Å²) >= 11 is 0. The van der Waals surface area contributed by atoms with Gasteiger partial charge in [0.1, 0.15) is 6.04 Å². The Hall–Kier alpha value is -2.35. The van der Waals surface area contributed by atoms with Crippen molar-refractivity contribution in [3.63, 3.8) is 0 Å². The van der Waals surface area contributed by atoms with E-state index in [0.29, 0.717) is 5.57 Å². The van der Waals surface area contributed by atoms with Crippen LogP contribution in [-0.2, 0) is 15.8 Å². The van der Waals surface area contributed by atoms with Gasteiger partial charge in [-0.05, 0) is 31.0 Å². The number of amides is 1. The van der Waals surface area contributed by atoms with Crippen LogP contribution in [0.3, 0.4) is 0 Å². The summed E-state index contributed by atoms with van der Waals surface area (Å²) in [4.78, 5) is 22.9. The second-order valence-corrected chi connectivity index (χ2v) is 5.08. The lowest BCUT2D eigenvalue weighted by atomic mass is 10.0. The number of hydrogen-bond donors (Lipinski definition) is 3. The number of alkyl halides is 3. The summed E-state index contributed by atoms with van der Waals surface area (Å²) < 4.78 is 37.3. The third-order valence-corrected chi connectivity index (χ3v) is 2.97. The Morgan fingerprint density at radius 1 is 1.26 bits per heavy atom. The Kier molecular flexibility index (Phi) is 5.91. The zero-order chi connectivity index (χ0) is 17.8. The van der Waals surface area contributed by atoms with Crippen molar-refractivity contribution in [2.45, 2.75) is 31.7 Å².